The van der Waals surface area contributed by atoms with Crippen molar-refractivity contribution in [3.05, 3.63) is 65.2 Å². The SMILES string of the molecule is CCc1occc1C(=O)c1ccc2nc(C)ccc2c1. The Bertz CT molecular complexity index is 787. The predicted molar refractivity (Wildman–Crippen MR) is 78.0 cm³/mol. The highest BCUT2D eigenvalue weighted by atomic mass is 16.3. The molecule has 3 heteroatoms. The van der Waals surface area contributed by atoms with E-state index in [9.17, 15) is 4.79 Å². The highest BCUT2D eigenvalue weighted by molar-refractivity contribution is 6.11. The Kier molecular flexibility index (Phi) is 3.11. The van der Waals surface area contributed by atoms with Crippen LogP contribution < -0.4 is 0 Å². The second kappa shape index (κ2) is 4.93. The fourth-order valence-corrected chi connectivity index (χ4v) is 2.34. The highest BCUT2D eigenvalue weighted by Crippen LogP contribution is 2.20. The van der Waals surface area contributed by atoms with Gasteiger partial charge in [-0.05, 0) is 37.3 Å². The lowest BCUT2D eigenvalue weighted by atomic mass is 10.0. The highest BCUT2D eigenvalue weighted by Gasteiger charge is 2.15. The smallest absolute Gasteiger partial charge is 0.196 e. The van der Waals surface area contributed by atoms with Gasteiger partial charge in [0.25, 0.3) is 0 Å². The molecule has 1 aromatic carbocycles. The Morgan fingerprint density at radius 2 is 2.05 bits per heavy atom. The second-order valence-corrected chi connectivity index (χ2v) is 4.80. The summed E-state index contributed by atoms with van der Waals surface area (Å²) in [6.45, 7) is 3.93. The first-order valence-electron chi connectivity index (χ1n) is 6.67. The van der Waals surface area contributed by atoms with Gasteiger partial charge in [-0.2, -0.15) is 0 Å². The summed E-state index contributed by atoms with van der Waals surface area (Å²) in [4.78, 5) is 17.0. The molecule has 0 aliphatic heterocycles. The van der Waals surface area contributed by atoms with Crippen LogP contribution in [0.15, 0.2) is 47.1 Å². The summed E-state index contributed by atoms with van der Waals surface area (Å²) in [7, 11) is 0. The van der Waals surface area contributed by atoms with Crippen molar-refractivity contribution in [2.75, 3.05) is 0 Å². The van der Waals surface area contributed by atoms with Crippen molar-refractivity contribution in [1.82, 2.24) is 4.98 Å². The summed E-state index contributed by atoms with van der Waals surface area (Å²) in [6.07, 6.45) is 2.28. The van der Waals surface area contributed by atoms with Gasteiger partial charge < -0.3 is 4.42 Å². The summed E-state index contributed by atoms with van der Waals surface area (Å²) in [5.74, 6) is 0.732. The number of aryl methyl sites for hydroxylation is 2. The van der Waals surface area contributed by atoms with E-state index in [1.54, 1.807) is 12.3 Å². The van der Waals surface area contributed by atoms with Crippen molar-refractivity contribution in [2.24, 2.45) is 0 Å². The molecule has 3 aromatic rings. The van der Waals surface area contributed by atoms with E-state index in [-0.39, 0.29) is 5.78 Å². The number of nitrogens with zero attached hydrogens (tertiary/aromatic N) is 1. The third-order valence-corrected chi connectivity index (χ3v) is 3.40. The molecule has 2 heterocycles. The molecule has 3 nitrogen and oxygen atoms in total. The molecule has 3 rings (SSSR count). The number of furan rings is 1. The first kappa shape index (κ1) is 12.6. The number of hydrogen-bond acceptors (Lipinski definition) is 3. The number of pyridine rings is 1. The van der Waals surface area contributed by atoms with Gasteiger partial charge in [-0.1, -0.05) is 13.0 Å². The predicted octanol–water partition coefficient (Wildman–Crippen LogP) is 3.93. The molecule has 2 aromatic heterocycles. The molecule has 0 unspecified atom stereocenters. The Labute approximate surface area is 117 Å². The lowest BCUT2D eigenvalue weighted by Crippen LogP contribution is -2.02. The number of fused-ring (bicyclic) bond motifs is 1. The van der Waals surface area contributed by atoms with Gasteiger partial charge in [0, 0.05) is 23.1 Å². The molecular formula is C17H15NO2. The van der Waals surface area contributed by atoms with Crippen LogP contribution in [0.25, 0.3) is 10.9 Å². The maximum Gasteiger partial charge on any atom is 0.196 e. The van der Waals surface area contributed by atoms with Crippen molar-refractivity contribution < 1.29 is 9.21 Å². The largest absolute Gasteiger partial charge is 0.469 e. The summed E-state index contributed by atoms with van der Waals surface area (Å²) in [5.41, 5.74) is 3.19. The zero-order chi connectivity index (χ0) is 14.1. The fraction of sp³-hybridized carbons (Fsp3) is 0.176. The molecule has 0 saturated heterocycles. The van der Waals surface area contributed by atoms with Crippen LogP contribution in [0.1, 0.15) is 34.3 Å². The third-order valence-electron chi connectivity index (χ3n) is 3.40. The molecule has 0 radical (unpaired) electrons. The van der Waals surface area contributed by atoms with Gasteiger partial charge in [0.2, 0.25) is 0 Å². The summed E-state index contributed by atoms with van der Waals surface area (Å²) >= 11 is 0. The second-order valence-electron chi connectivity index (χ2n) is 4.80. The number of ketones is 1. The minimum Gasteiger partial charge on any atom is -0.469 e. The summed E-state index contributed by atoms with van der Waals surface area (Å²) in [5, 5.41) is 0.975. The Hall–Kier alpha value is -2.42. The van der Waals surface area contributed by atoms with Crippen molar-refractivity contribution in [2.45, 2.75) is 20.3 Å². The molecule has 0 atom stereocenters. The van der Waals surface area contributed by atoms with E-state index in [4.69, 9.17) is 4.42 Å². The van der Waals surface area contributed by atoms with Gasteiger partial charge >= 0.3 is 0 Å². The van der Waals surface area contributed by atoms with Crippen LogP contribution in [-0.4, -0.2) is 10.8 Å². The van der Waals surface area contributed by atoms with Crippen molar-refractivity contribution >= 4 is 16.7 Å². The normalized spacial score (nSPS) is 10.9. The van der Waals surface area contributed by atoms with E-state index >= 15 is 0 Å². The molecule has 0 fully saturated rings. The Morgan fingerprint density at radius 1 is 1.20 bits per heavy atom. The standard InChI is InChI=1S/C17H15NO2/c1-3-16-14(8-9-20-16)17(19)13-6-7-15-12(10-13)5-4-11(2)18-15/h4-10H,3H2,1-2H3. The van der Waals surface area contributed by atoms with Crippen LogP contribution in [-0.2, 0) is 6.42 Å². The van der Waals surface area contributed by atoms with Crippen LogP contribution in [0.4, 0.5) is 0 Å². The molecule has 0 spiro atoms. The van der Waals surface area contributed by atoms with Crippen molar-refractivity contribution in [1.29, 1.82) is 0 Å². The molecule has 0 N–H and O–H groups in total. The van der Waals surface area contributed by atoms with Gasteiger partial charge in [-0.25, -0.2) is 0 Å². The average molecular weight is 265 g/mol. The van der Waals surface area contributed by atoms with E-state index < -0.39 is 0 Å². The van der Waals surface area contributed by atoms with Crippen molar-refractivity contribution in [3.8, 4) is 0 Å². The average Bonchev–Trinajstić information content (AvgIpc) is 2.94. The van der Waals surface area contributed by atoms with Gasteiger partial charge in [-0.15, -0.1) is 0 Å². The monoisotopic (exact) mass is 265 g/mol. The lowest BCUT2D eigenvalue weighted by Gasteiger charge is -2.03. The minimum atomic E-state index is -0.00178. The Morgan fingerprint density at radius 3 is 2.85 bits per heavy atom. The molecular weight excluding hydrogens is 250 g/mol. The first-order chi connectivity index (χ1) is 9.69. The minimum absolute atomic E-state index is 0.00178. The maximum absolute atomic E-state index is 12.5. The number of hydrogen-bond donors (Lipinski definition) is 0. The molecule has 0 saturated carbocycles. The van der Waals surface area contributed by atoms with E-state index in [2.05, 4.69) is 4.98 Å². The maximum atomic E-state index is 12.5. The van der Waals surface area contributed by atoms with Gasteiger partial charge in [0.1, 0.15) is 5.76 Å². The van der Waals surface area contributed by atoms with Crippen LogP contribution in [0.3, 0.4) is 0 Å². The summed E-state index contributed by atoms with van der Waals surface area (Å²) in [6, 6.07) is 11.3. The summed E-state index contributed by atoms with van der Waals surface area (Å²) < 4.78 is 5.33. The van der Waals surface area contributed by atoms with Crippen LogP contribution in [0.5, 0.6) is 0 Å². The van der Waals surface area contributed by atoms with E-state index in [0.29, 0.717) is 17.5 Å². The van der Waals surface area contributed by atoms with Crippen molar-refractivity contribution in [3.63, 3.8) is 0 Å². The van der Waals surface area contributed by atoms with Gasteiger partial charge in [-0.3, -0.25) is 9.78 Å². The number of carbonyl (C=O) groups excluding carboxylic acids is 1. The Balaban J connectivity index is 2.06. The molecule has 20 heavy (non-hydrogen) atoms. The topological polar surface area (TPSA) is 43.1 Å². The van der Waals surface area contributed by atoms with E-state index in [1.807, 2.05) is 44.2 Å². The van der Waals surface area contributed by atoms with Gasteiger partial charge in [0.05, 0.1) is 17.3 Å². The first-order valence-corrected chi connectivity index (χ1v) is 6.67. The van der Waals surface area contributed by atoms with E-state index in [0.717, 1.165) is 22.4 Å². The van der Waals surface area contributed by atoms with Crippen LogP contribution >= 0.6 is 0 Å². The lowest BCUT2D eigenvalue weighted by molar-refractivity contribution is 0.103. The number of aromatic nitrogens is 1. The van der Waals surface area contributed by atoms with Gasteiger partial charge in [0.15, 0.2) is 5.78 Å². The zero-order valence-corrected chi connectivity index (χ0v) is 11.5. The molecule has 0 bridgehead atoms. The quantitative estimate of drug-likeness (QED) is 0.674. The number of rotatable bonds is 3. The zero-order valence-electron chi connectivity index (χ0n) is 11.5. The molecule has 0 aliphatic rings. The third kappa shape index (κ3) is 2.11. The number of benzene rings is 1. The molecule has 100 valence electrons. The number of carbonyl (C=O) groups is 1. The fourth-order valence-electron chi connectivity index (χ4n) is 2.34. The molecule has 0 aliphatic carbocycles. The van der Waals surface area contributed by atoms with Crippen LogP contribution in [0, 0.1) is 6.92 Å². The molecule has 0 amide bonds. The van der Waals surface area contributed by atoms with Crippen LogP contribution in [0.2, 0.25) is 0 Å². The van der Waals surface area contributed by atoms with E-state index in [1.165, 1.54) is 0 Å².